The molecule has 1 aliphatic carbocycles. The molecule has 0 radical (unpaired) electrons. The van der Waals surface area contributed by atoms with Crippen molar-refractivity contribution in [2.24, 2.45) is 5.41 Å². The minimum Gasteiger partial charge on any atom is -0.319 e. The highest BCUT2D eigenvalue weighted by molar-refractivity contribution is 5.99. The summed E-state index contributed by atoms with van der Waals surface area (Å²) in [5.41, 5.74) is -1.06. The van der Waals surface area contributed by atoms with Gasteiger partial charge in [0.1, 0.15) is 11.1 Å². The summed E-state index contributed by atoms with van der Waals surface area (Å²) in [5, 5.41) is 22.6. The van der Waals surface area contributed by atoms with Gasteiger partial charge in [0.25, 0.3) is 5.69 Å². The van der Waals surface area contributed by atoms with Crippen molar-refractivity contribution < 1.29 is 9.72 Å². The molecule has 1 aliphatic rings. The Morgan fingerprint density at radius 3 is 2.58 bits per heavy atom. The molecule has 98 valence electrons. The van der Waals surface area contributed by atoms with Gasteiger partial charge in [-0.25, -0.2) is 0 Å². The van der Waals surface area contributed by atoms with E-state index in [0.29, 0.717) is 12.8 Å². The molecular weight excluding hydrogens is 246 g/mol. The zero-order chi connectivity index (χ0) is 13.9. The zero-order valence-electron chi connectivity index (χ0n) is 10.3. The molecule has 1 aromatic rings. The minimum atomic E-state index is -1.04. The average Bonchev–Trinajstić information content (AvgIpc) is 2.89. The molecule has 0 aliphatic heterocycles. The zero-order valence-corrected chi connectivity index (χ0v) is 10.3. The maximum Gasteiger partial charge on any atom is 0.292 e. The minimum absolute atomic E-state index is 0.138. The van der Waals surface area contributed by atoms with E-state index in [9.17, 15) is 20.2 Å². The number of carbonyl (C=O) groups is 1. The van der Waals surface area contributed by atoms with Gasteiger partial charge in [-0.05, 0) is 18.9 Å². The molecule has 0 saturated heterocycles. The van der Waals surface area contributed by atoms with Crippen molar-refractivity contribution in [3.05, 3.63) is 34.4 Å². The highest BCUT2D eigenvalue weighted by atomic mass is 16.6. The van der Waals surface area contributed by atoms with Crippen LogP contribution in [0.4, 0.5) is 11.4 Å². The van der Waals surface area contributed by atoms with Crippen molar-refractivity contribution in [2.45, 2.75) is 25.7 Å². The van der Waals surface area contributed by atoms with Crippen molar-refractivity contribution in [1.82, 2.24) is 0 Å². The highest BCUT2D eigenvalue weighted by Gasteiger charge is 2.42. The Labute approximate surface area is 110 Å². The molecule has 1 amide bonds. The number of carbonyl (C=O) groups excluding carboxylic acids is 1. The van der Waals surface area contributed by atoms with Gasteiger partial charge in [-0.3, -0.25) is 14.9 Å². The molecule has 0 bridgehead atoms. The summed E-state index contributed by atoms with van der Waals surface area (Å²) in [7, 11) is 0. The molecule has 6 heteroatoms. The van der Waals surface area contributed by atoms with E-state index in [2.05, 4.69) is 11.4 Å². The summed E-state index contributed by atoms with van der Waals surface area (Å²) in [4.78, 5) is 22.5. The van der Waals surface area contributed by atoms with E-state index in [4.69, 9.17) is 0 Å². The van der Waals surface area contributed by atoms with Crippen LogP contribution in [0.3, 0.4) is 0 Å². The average molecular weight is 259 g/mol. The van der Waals surface area contributed by atoms with Crippen LogP contribution in [0, 0.1) is 26.9 Å². The molecule has 2 rings (SSSR count). The molecule has 6 nitrogen and oxygen atoms in total. The molecule has 1 fully saturated rings. The summed E-state index contributed by atoms with van der Waals surface area (Å²) in [6, 6.07) is 7.99. The Hall–Kier alpha value is -2.42. The number of hydrogen-bond acceptors (Lipinski definition) is 4. The van der Waals surface area contributed by atoms with Crippen LogP contribution in [0.2, 0.25) is 0 Å². The van der Waals surface area contributed by atoms with E-state index < -0.39 is 16.2 Å². The number of rotatable bonds is 3. The third kappa shape index (κ3) is 2.40. The third-order valence-corrected chi connectivity index (χ3v) is 3.45. The molecule has 0 heterocycles. The van der Waals surface area contributed by atoms with Gasteiger partial charge in [0.2, 0.25) is 5.91 Å². The van der Waals surface area contributed by atoms with E-state index in [-0.39, 0.29) is 11.4 Å². The van der Waals surface area contributed by atoms with E-state index in [1.54, 1.807) is 6.07 Å². The quantitative estimate of drug-likeness (QED) is 0.666. The summed E-state index contributed by atoms with van der Waals surface area (Å²) in [6.45, 7) is 0. The summed E-state index contributed by atoms with van der Waals surface area (Å²) in [6.07, 6.45) is 2.68. The lowest BCUT2D eigenvalue weighted by atomic mass is 9.87. The van der Waals surface area contributed by atoms with Crippen LogP contribution in [-0.4, -0.2) is 10.8 Å². The maximum absolute atomic E-state index is 12.2. The van der Waals surface area contributed by atoms with E-state index in [1.807, 2.05) is 0 Å². The lowest BCUT2D eigenvalue weighted by Crippen LogP contribution is -2.32. The number of nitrogens with one attached hydrogen (secondary N) is 1. The number of amides is 1. The fourth-order valence-corrected chi connectivity index (χ4v) is 2.35. The number of hydrogen-bond donors (Lipinski definition) is 1. The van der Waals surface area contributed by atoms with Crippen LogP contribution in [0.5, 0.6) is 0 Å². The van der Waals surface area contributed by atoms with Gasteiger partial charge in [-0.1, -0.05) is 25.0 Å². The standard InChI is InChI=1S/C13H13N3O3/c14-9-13(7-3-4-8-13)12(17)15-10-5-1-2-6-11(10)16(18)19/h1-2,5-6H,3-4,7-8H2,(H,15,17). The van der Waals surface area contributed by atoms with Crippen molar-refractivity contribution >= 4 is 17.3 Å². The van der Waals surface area contributed by atoms with Crippen LogP contribution < -0.4 is 5.32 Å². The van der Waals surface area contributed by atoms with Crippen LogP contribution in [0.1, 0.15) is 25.7 Å². The number of nitro benzene ring substituents is 1. The van der Waals surface area contributed by atoms with Crippen molar-refractivity contribution in [1.29, 1.82) is 5.26 Å². The second-order valence-corrected chi connectivity index (χ2v) is 4.63. The molecule has 0 atom stereocenters. The van der Waals surface area contributed by atoms with E-state index in [1.165, 1.54) is 18.2 Å². The molecule has 0 aromatic heterocycles. The molecule has 1 aromatic carbocycles. The van der Waals surface area contributed by atoms with E-state index >= 15 is 0 Å². The Morgan fingerprint density at radius 1 is 1.37 bits per heavy atom. The summed E-state index contributed by atoms with van der Waals surface area (Å²) >= 11 is 0. The smallest absolute Gasteiger partial charge is 0.292 e. The number of anilines is 1. The summed E-state index contributed by atoms with van der Waals surface area (Å²) < 4.78 is 0. The number of nitriles is 1. The number of nitrogens with zero attached hydrogens (tertiary/aromatic N) is 2. The Morgan fingerprint density at radius 2 is 2.00 bits per heavy atom. The molecule has 1 N–H and O–H groups in total. The van der Waals surface area contributed by atoms with Gasteiger partial charge < -0.3 is 5.32 Å². The van der Waals surface area contributed by atoms with Gasteiger partial charge >= 0.3 is 0 Å². The van der Waals surface area contributed by atoms with Gasteiger partial charge in [-0.15, -0.1) is 0 Å². The van der Waals surface area contributed by atoms with Crippen LogP contribution in [0.25, 0.3) is 0 Å². The van der Waals surface area contributed by atoms with Crippen LogP contribution in [-0.2, 0) is 4.79 Å². The van der Waals surface area contributed by atoms with Crippen molar-refractivity contribution in [3.63, 3.8) is 0 Å². The Bertz CT molecular complexity index is 556. The first kappa shape index (κ1) is 13.0. The molecule has 0 unspecified atom stereocenters. The van der Waals surface area contributed by atoms with Crippen LogP contribution >= 0.6 is 0 Å². The number of nitro groups is 1. The highest BCUT2D eigenvalue weighted by Crippen LogP contribution is 2.39. The topological polar surface area (TPSA) is 96.0 Å². The van der Waals surface area contributed by atoms with Gasteiger partial charge in [0.15, 0.2) is 0 Å². The number of para-hydroxylation sites is 2. The number of benzene rings is 1. The lowest BCUT2D eigenvalue weighted by Gasteiger charge is -2.19. The fourth-order valence-electron chi connectivity index (χ4n) is 2.35. The fraction of sp³-hybridized carbons (Fsp3) is 0.385. The normalized spacial score (nSPS) is 16.6. The second kappa shape index (κ2) is 5.06. The predicted octanol–water partition coefficient (Wildman–Crippen LogP) is 2.62. The first-order valence-corrected chi connectivity index (χ1v) is 6.05. The maximum atomic E-state index is 12.2. The summed E-state index contributed by atoms with van der Waals surface area (Å²) in [5.74, 6) is -0.443. The molecule has 0 spiro atoms. The largest absolute Gasteiger partial charge is 0.319 e. The Kier molecular flexibility index (Phi) is 3.47. The SMILES string of the molecule is N#CC1(C(=O)Nc2ccccc2[N+](=O)[O-])CCCC1. The van der Waals surface area contributed by atoms with Gasteiger partial charge in [0.05, 0.1) is 11.0 Å². The second-order valence-electron chi connectivity index (χ2n) is 4.63. The van der Waals surface area contributed by atoms with Crippen molar-refractivity contribution in [2.75, 3.05) is 5.32 Å². The molecular formula is C13H13N3O3. The van der Waals surface area contributed by atoms with E-state index in [0.717, 1.165) is 12.8 Å². The predicted molar refractivity (Wildman–Crippen MR) is 68.2 cm³/mol. The molecule has 19 heavy (non-hydrogen) atoms. The Balaban J connectivity index is 2.25. The first-order chi connectivity index (χ1) is 9.09. The third-order valence-electron chi connectivity index (χ3n) is 3.45. The van der Waals surface area contributed by atoms with Gasteiger partial charge in [-0.2, -0.15) is 5.26 Å². The first-order valence-electron chi connectivity index (χ1n) is 6.05. The lowest BCUT2D eigenvalue weighted by molar-refractivity contribution is -0.383. The molecule has 1 saturated carbocycles. The van der Waals surface area contributed by atoms with Crippen LogP contribution in [0.15, 0.2) is 24.3 Å². The van der Waals surface area contributed by atoms with Gasteiger partial charge in [0, 0.05) is 6.07 Å². The van der Waals surface area contributed by atoms with Crippen molar-refractivity contribution in [3.8, 4) is 6.07 Å². The monoisotopic (exact) mass is 259 g/mol.